The number of carbonyl (C=O) groups is 2. The van der Waals surface area contributed by atoms with Crippen LogP contribution in [0.2, 0.25) is 0 Å². The molecule has 2 bridgehead atoms. The van der Waals surface area contributed by atoms with Crippen molar-refractivity contribution >= 4 is 11.9 Å². The number of ether oxygens (including phenoxy) is 1. The molecule has 1 amide bonds. The summed E-state index contributed by atoms with van der Waals surface area (Å²) in [4.78, 5) is 25.2. The van der Waals surface area contributed by atoms with Crippen LogP contribution in [-0.2, 0) is 16.0 Å². The Morgan fingerprint density at radius 2 is 1.96 bits per heavy atom. The lowest BCUT2D eigenvalue weighted by atomic mass is 9.97. The molecule has 1 N–H and O–H groups in total. The zero-order valence-corrected chi connectivity index (χ0v) is 14.6. The third-order valence-electron chi connectivity index (χ3n) is 5.56. The van der Waals surface area contributed by atoms with E-state index in [9.17, 15) is 9.59 Å². The highest BCUT2D eigenvalue weighted by Gasteiger charge is 2.42. The van der Waals surface area contributed by atoms with Crippen molar-refractivity contribution in [2.75, 3.05) is 0 Å². The van der Waals surface area contributed by atoms with Gasteiger partial charge >= 0.3 is 5.97 Å². The van der Waals surface area contributed by atoms with E-state index in [1.807, 2.05) is 30.3 Å². The molecule has 2 aliphatic carbocycles. The maximum absolute atomic E-state index is 12.8. The molecule has 2 saturated carbocycles. The summed E-state index contributed by atoms with van der Waals surface area (Å²) >= 11 is 0. The van der Waals surface area contributed by atoms with E-state index in [0.29, 0.717) is 18.3 Å². The summed E-state index contributed by atoms with van der Waals surface area (Å²) in [5, 5.41) is 2.78. The van der Waals surface area contributed by atoms with E-state index >= 15 is 0 Å². The van der Waals surface area contributed by atoms with E-state index in [2.05, 4.69) is 5.32 Å². The molecule has 5 nitrogen and oxygen atoms in total. The van der Waals surface area contributed by atoms with Crippen molar-refractivity contribution in [3.8, 4) is 0 Å². The highest BCUT2D eigenvalue weighted by molar-refractivity contribution is 5.94. The van der Waals surface area contributed by atoms with Gasteiger partial charge in [0.05, 0.1) is 6.26 Å². The summed E-state index contributed by atoms with van der Waals surface area (Å²) < 4.78 is 10.9. The van der Waals surface area contributed by atoms with Gasteiger partial charge in [0, 0.05) is 6.42 Å². The molecule has 136 valence electrons. The zero-order valence-electron chi connectivity index (χ0n) is 14.6. The minimum absolute atomic E-state index is 0.0000354. The monoisotopic (exact) mass is 353 g/mol. The van der Waals surface area contributed by atoms with Crippen LogP contribution in [0, 0.1) is 11.8 Å². The summed E-state index contributed by atoms with van der Waals surface area (Å²) in [5.41, 5.74) is 0.974. The molecule has 2 aliphatic rings. The minimum atomic E-state index is -0.728. The van der Waals surface area contributed by atoms with E-state index < -0.39 is 11.9 Å². The summed E-state index contributed by atoms with van der Waals surface area (Å²) in [6, 6.07) is 12.1. The topological polar surface area (TPSA) is 68.5 Å². The van der Waals surface area contributed by atoms with E-state index in [0.717, 1.165) is 18.4 Å². The maximum atomic E-state index is 12.8. The normalized spacial score (nSPS) is 25.0. The van der Waals surface area contributed by atoms with Gasteiger partial charge in [-0.15, -0.1) is 0 Å². The molecule has 0 saturated heterocycles. The first-order chi connectivity index (χ1) is 12.7. The number of furan rings is 1. The molecule has 0 spiro atoms. The van der Waals surface area contributed by atoms with Crippen molar-refractivity contribution < 1.29 is 18.7 Å². The van der Waals surface area contributed by atoms with Crippen molar-refractivity contribution in [3.63, 3.8) is 0 Å². The Kier molecular flexibility index (Phi) is 4.78. The Morgan fingerprint density at radius 1 is 1.12 bits per heavy atom. The van der Waals surface area contributed by atoms with Crippen molar-refractivity contribution in [2.45, 2.75) is 44.2 Å². The van der Waals surface area contributed by atoms with Crippen LogP contribution in [0.1, 0.15) is 41.8 Å². The maximum Gasteiger partial charge on any atom is 0.329 e. The SMILES string of the molecule is O=C(N[C@@H](Cc1ccccc1)C(=O)O[C@@H]1C[C@H]2CC[C@H]1C2)c1ccco1. The Labute approximate surface area is 152 Å². The summed E-state index contributed by atoms with van der Waals surface area (Å²) in [6.07, 6.45) is 6.36. The third kappa shape index (κ3) is 3.66. The number of hydrogen-bond donors (Lipinski definition) is 1. The van der Waals surface area contributed by atoms with Gasteiger partial charge in [-0.2, -0.15) is 0 Å². The van der Waals surface area contributed by atoms with Gasteiger partial charge in [0.15, 0.2) is 5.76 Å². The number of hydrogen-bond acceptors (Lipinski definition) is 4. The van der Waals surface area contributed by atoms with Crippen LogP contribution in [-0.4, -0.2) is 24.0 Å². The van der Waals surface area contributed by atoms with Crippen molar-refractivity contribution in [3.05, 3.63) is 60.1 Å². The molecule has 4 atom stereocenters. The van der Waals surface area contributed by atoms with E-state index in [-0.39, 0.29) is 17.8 Å². The number of fused-ring (bicyclic) bond motifs is 2. The number of esters is 1. The second-order valence-corrected chi connectivity index (χ2v) is 7.34. The quantitative estimate of drug-likeness (QED) is 0.809. The first-order valence-electron chi connectivity index (χ1n) is 9.28. The Hall–Kier alpha value is -2.56. The highest BCUT2D eigenvalue weighted by Crippen LogP contribution is 2.45. The lowest BCUT2D eigenvalue weighted by Crippen LogP contribution is -2.45. The average Bonchev–Trinajstić information content (AvgIpc) is 3.40. The molecule has 0 unspecified atom stereocenters. The van der Waals surface area contributed by atoms with Crippen LogP contribution in [0.15, 0.2) is 53.1 Å². The van der Waals surface area contributed by atoms with Crippen molar-refractivity contribution in [1.29, 1.82) is 0 Å². The molecule has 1 heterocycles. The number of nitrogens with one attached hydrogen (secondary N) is 1. The fourth-order valence-electron chi connectivity index (χ4n) is 4.24. The third-order valence-corrected chi connectivity index (χ3v) is 5.56. The molecular weight excluding hydrogens is 330 g/mol. The largest absolute Gasteiger partial charge is 0.461 e. The van der Waals surface area contributed by atoms with Crippen molar-refractivity contribution in [1.82, 2.24) is 5.32 Å². The standard InChI is InChI=1S/C21H23NO4/c23-20(18-7-4-10-25-18)22-17(12-14-5-2-1-3-6-14)21(24)26-19-13-15-8-9-16(19)11-15/h1-7,10,15-17,19H,8-9,11-13H2,(H,22,23)/t15-,16-,17-,19+/m0/s1. The van der Waals surface area contributed by atoms with Crippen molar-refractivity contribution in [2.24, 2.45) is 11.8 Å². The van der Waals surface area contributed by atoms with E-state index in [1.165, 1.54) is 19.1 Å². The fourth-order valence-corrected chi connectivity index (χ4v) is 4.24. The van der Waals surface area contributed by atoms with Gasteiger partial charge in [0.25, 0.3) is 5.91 Å². The first kappa shape index (κ1) is 16.9. The van der Waals surface area contributed by atoms with Crippen LogP contribution in [0.25, 0.3) is 0 Å². The van der Waals surface area contributed by atoms with Gasteiger partial charge in [-0.05, 0) is 55.2 Å². The molecule has 0 aliphatic heterocycles. The van der Waals surface area contributed by atoms with Crippen LogP contribution < -0.4 is 5.32 Å². The lowest BCUT2D eigenvalue weighted by molar-refractivity contribution is -0.153. The molecule has 5 heteroatoms. The van der Waals surface area contributed by atoms with E-state index in [4.69, 9.17) is 9.15 Å². The molecule has 1 aromatic carbocycles. The number of benzene rings is 1. The predicted octanol–water partition coefficient (Wildman–Crippen LogP) is 3.35. The van der Waals surface area contributed by atoms with Crippen LogP contribution in [0.3, 0.4) is 0 Å². The molecule has 0 radical (unpaired) electrons. The van der Waals surface area contributed by atoms with Gasteiger partial charge in [-0.25, -0.2) is 4.79 Å². The highest BCUT2D eigenvalue weighted by atomic mass is 16.5. The zero-order chi connectivity index (χ0) is 17.9. The van der Waals surface area contributed by atoms with Crippen LogP contribution in [0.5, 0.6) is 0 Å². The van der Waals surface area contributed by atoms with E-state index in [1.54, 1.807) is 12.1 Å². The van der Waals surface area contributed by atoms with Crippen LogP contribution >= 0.6 is 0 Å². The second kappa shape index (κ2) is 7.36. The Balaban J connectivity index is 1.45. The molecular formula is C21H23NO4. The minimum Gasteiger partial charge on any atom is -0.461 e. The molecule has 4 rings (SSSR count). The van der Waals surface area contributed by atoms with Crippen LogP contribution in [0.4, 0.5) is 0 Å². The summed E-state index contributed by atoms with van der Waals surface area (Å²) in [5.74, 6) is 0.619. The van der Waals surface area contributed by atoms with Gasteiger partial charge < -0.3 is 14.5 Å². The van der Waals surface area contributed by atoms with Gasteiger partial charge in [0.2, 0.25) is 0 Å². The van der Waals surface area contributed by atoms with Gasteiger partial charge in [-0.1, -0.05) is 30.3 Å². The molecule has 2 fully saturated rings. The average molecular weight is 353 g/mol. The summed E-state index contributed by atoms with van der Waals surface area (Å²) in [6.45, 7) is 0. The molecule has 26 heavy (non-hydrogen) atoms. The smallest absolute Gasteiger partial charge is 0.329 e. The number of carbonyl (C=O) groups excluding carboxylic acids is 2. The predicted molar refractivity (Wildman–Crippen MR) is 95.4 cm³/mol. The molecule has 2 aromatic rings. The van der Waals surface area contributed by atoms with Gasteiger partial charge in [0.1, 0.15) is 12.1 Å². The Morgan fingerprint density at radius 3 is 2.62 bits per heavy atom. The summed E-state index contributed by atoms with van der Waals surface area (Å²) in [7, 11) is 0. The first-order valence-corrected chi connectivity index (χ1v) is 9.28. The fraction of sp³-hybridized carbons (Fsp3) is 0.429. The lowest BCUT2D eigenvalue weighted by Gasteiger charge is -2.25. The number of amides is 1. The number of rotatable bonds is 6. The second-order valence-electron chi connectivity index (χ2n) is 7.34. The van der Waals surface area contributed by atoms with Gasteiger partial charge in [-0.3, -0.25) is 4.79 Å². The Bertz CT molecular complexity index is 756. The molecule has 1 aromatic heterocycles.